The molecule has 1 saturated carbocycles. The molecule has 2 fully saturated rings. The molecule has 0 amide bonds. The summed E-state index contributed by atoms with van der Waals surface area (Å²) < 4.78 is 0. The fourth-order valence-corrected chi connectivity index (χ4v) is 2.79. The molecule has 0 radical (unpaired) electrons. The predicted octanol–water partition coefficient (Wildman–Crippen LogP) is 1.86. The fourth-order valence-electron chi connectivity index (χ4n) is 2.79. The molecule has 1 aliphatic heterocycles. The summed E-state index contributed by atoms with van der Waals surface area (Å²) in [6, 6.07) is 0.765. The Labute approximate surface area is 88.1 Å². The molecule has 0 atom stereocenters. The summed E-state index contributed by atoms with van der Waals surface area (Å²) in [5.74, 6) is 0.980. The van der Waals surface area contributed by atoms with Crippen molar-refractivity contribution in [1.29, 1.82) is 0 Å². The summed E-state index contributed by atoms with van der Waals surface area (Å²) in [4.78, 5) is 2.71. The average Bonchev–Trinajstić information content (AvgIpc) is 3.01. The Morgan fingerprint density at radius 2 is 1.64 bits per heavy atom. The Kier molecular flexibility index (Phi) is 2.85. The zero-order valence-corrected chi connectivity index (χ0v) is 9.84. The highest BCUT2D eigenvalue weighted by molar-refractivity contribution is 4.97. The number of nitrogens with zero attached hydrogens (tertiary/aromatic N) is 1. The molecule has 82 valence electrons. The van der Waals surface area contributed by atoms with Crippen molar-refractivity contribution in [2.24, 2.45) is 5.92 Å². The molecule has 0 aromatic rings. The molecule has 0 aromatic heterocycles. The van der Waals surface area contributed by atoms with Gasteiger partial charge in [-0.1, -0.05) is 0 Å². The van der Waals surface area contributed by atoms with Gasteiger partial charge >= 0.3 is 0 Å². The molecule has 1 N–H and O–H groups in total. The van der Waals surface area contributed by atoms with E-state index in [-0.39, 0.29) is 0 Å². The van der Waals surface area contributed by atoms with Crippen LogP contribution in [0.15, 0.2) is 0 Å². The third-order valence-corrected chi connectivity index (χ3v) is 4.29. The predicted molar refractivity (Wildman–Crippen MR) is 60.5 cm³/mol. The Hall–Kier alpha value is -0.0800. The minimum absolute atomic E-state index is 0.471. The third kappa shape index (κ3) is 1.96. The summed E-state index contributed by atoms with van der Waals surface area (Å²) in [7, 11) is 2.09. The summed E-state index contributed by atoms with van der Waals surface area (Å²) in [5.41, 5.74) is 0.471. The smallest absolute Gasteiger partial charge is 0.0181 e. The van der Waals surface area contributed by atoms with E-state index in [1.165, 1.54) is 38.8 Å². The summed E-state index contributed by atoms with van der Waals surface area (Å²) in [5, 5.41) is 3.39. The second-order valence-corrected chi connectivity index (χ2v) is 5.48. The van der Waals surface area contributed by atoms with Gasteiger partial charge in [0.2, 0.25) is 0 Å². The van der Waals surface area contributed by atoms with E-state index in [1.54, 1.807) is 0 Å². The van der Waals surface area contributed by atoms with Crippen LogP contribution in [0.2, 0.25) is 0 Å². The van der Waals surface area contributed by atoms with E-state index < -0.39 is 0 Å². The lowest BCUT2D eigenvalue weighted by molar-refractivity contribution is 0.0673. The van der Waals surface area contributed by atoms with Crippen LogP contribution in [0, 0.1) is 5.92 Å². The second kappa shape index (κ2) is 3.82. The highest BCUT2D eigenvalue weighted by atomic mass is 15.2. The van der Waals surface area contributed by atoms with Gasteiger partial charge < -0.3 is 5.32 Å². The molecular weight excluding hydrogens is 172 g/mol. The van der Waals surface area contributed by atoms with Crippen LogP contribution < -0.4 is 5.32 Å². The number of piperidine rings is 1. The largest absolute Gasteiger partial charge is 0.317 e. The van der Waals surface area contributed by atoms with Crippen molar-refractivity contribution in [2.75, 3.05) is 20.1 Å². The van der Waals surface area contributed by atoms with Gasteiger partial charge in [0.15, 0.2) is 0 Å². The van der Waals surface area contributed by atoms with Crippen molar-refractivity contribution in [3.05, 3.63) is 0 Å². The highest BCUT2D eigenvalue weighted by Gasteiger charge is 2.42. The van der Waals surface area contributed by atoms with Crippen LogP contribution in [0.4, 0.5) is 0 Å². The van der Waals surface area contributed by atoms with Crippen LogP contribution in [0.5, 0.6) is 0 Å². The quantitative estimate of drug-likeness (QED) is 0.741. The molecule has 2 aliphatic rings. The maximum absolute atomic E-state index is 3.39. The van der Waals surface area contributed by atoms with E-state index in [0.29, 0.717) is 5.54 Å². The lowest BCUT2D eigenvalue weighted by Crippen LogP contribution is -2.52. The molecule has 0 bridgehead atoms. The molecule has 2 rings (SSSR count). The van der Waals surface area contributed by atoms with Crippen LogP contribution in [0.25, 0.3) is 0 Å². The van der Waals surface area contributed by atoms with E-state index in [0.717, 1.165) is 12.0 Å². The first kappa shape index (κ1) is 10.4. The Morgan fingerprint density at radius 3 is 2.07 bits per heavy atom. The summed E-state index contributed by atoms with van der Waals surface area (Å²) in [6.45, 7) is 7.44. The minimum atomic E-state index is 0.471. The molecule has 2 heteroatoms. The normalized spacial score (nSPS) is 26.8. The topological polar surface area (TPSA) is 15.3 Å². The number of likely N-dealkylation sites (tertiary alicyclic amines) is 1. The van der Waals surface area contributed by atoms with Crippen molar-refractivity contribution in [2.45, 2.75) is 51.1 Å². The summed E-state index contributed by atoms with van der Waals surface area (Å²) in [6.07, 6.45) is 5.57. The van der Waals surface area contributed by atoms with Gasteiger partial charge in [-0.25, -0.2) is 0 Å². The standard InChI is InChI=1S/C12H24N2/c1-12(2,10-4-5-10)14-8-6-11(13-3)7-9-14/h10-11,13H,4-9H2,1-3H3. The second-order valence-electron chi connectivity index (χ2n) is 5.48. The maximum Gasteiger partial charge on any atom is 0.0181 e. The van der Waals surface area contributed by atoms with Crippen LogP contribution in [0.3, 0.4) is 0 Å². The van der Waals surface area contributed by atoms with Gasteiger partial charge in [-0.15, -0.1) is 0 Å². The Morgan fingerprint density at radius 1 is 1.07 bits per heavy atom. The third-order valence-electron chi connectivity index (χ3n) is 4.29. The van der Waals surface area contributed by atoms with Crippen molar-refractivity contribution in [3.8, 4) is 0 Å². The molecule has 0 unspecified atom stereocenters. The van der Waals surface area contributed by atoms with Gasteiger partial charge in [0.05, 0.1) is 0 Å². The zero-order valence-electron chi connectivity index (χ0n) is 9.84. The van der Waals surface area contributed by atoms with Crippen LogP contribution in [-0.2, 0) is 0 Å². The van der Waals surface area contributed by atoms with Crippen molar-refractivity contribution in [3.63, 3.8) is 0 Å². The van der Waals surface area contributed by atoms with Crippen molar-refractivity contribution >= 4 is 0 Å². The Balaban J connectivity index is 1.87. The number of nitrogens with one attached hydrogen (secondary N) is 1. The van der Waals surface area contributed by atoms with Gasteiger partial charge in [0, 0.05) is 24.7 Å². The van der Waals surface area contributed by atoms with Crippen LogP contribution >= 0.6 is 0 Å². The lowest BCUT2D eigenvalue weighted by Gasteiger charge is -2.43. The molecule has 0 spiro atoms. The zero-order chi connectivity index (χ0) is 10.2. The molecule has 1 heterocycles. The summed E-state index contributed by atoms with van der Waals surface area (Å²) >= 11 is 0. The van der Waals surface area contributed by atoms with Crippen LogP contribution in [0.1, 0.15) is 39.5 Å². The first-order valence-electron chi connectivity index (χ1n) is 6.07. The monoisotopic (exact) mass is 196 g/mol. The Bertz CT molecular complexity index is 188. The SMILES string of the molecule is CNC1CCN(C(C)(C)C2CC2)CC1. The lowest BCUT2D eigenvalue weighted by atomic mass is 9.92. The molecule has 2 nitrogen and oxygen atoms in total. The van der Waals surface area contributed by atoms with E-state index in [2.05, 4.69) is 31.1 Å². The van der Waals surface area contributed by atoms with Gasteiger partial charge in [-0.05, 0) is 52.5 Å². The molecule has 1 saturated heterocycles. The van der Waals surface area contributed by atoms with E-state index in [4.69, 9.17) is 0 Å². The van der Waals surface area contributed by atoms with Gasteiger partial charge in [-0.3, -0.25) is 4.90 Å². The van der Waals surface area contributed by atoms with E-state index in [9.17, 15) is 0 Å². The maximum atomic E-state index is 3.39. The molecule has 0 aromatic carbocycles. The van der Waals surface area contributed by atoms with Crippen molar-refractivity contribution < 1.29 is 0 Å². The number of hydrogen-bond donors (Lipinski definition) is 1. The molecular formula is C12H24N2. The van der Waals surface area contributed by atoms with Gasteiger partial charge in [0.25, 0.3) is 0 Å². The van der Waals surface area contributed by atoms with Gasteiger partial charge in [-0.2, -0.15) is 0 Å². The molecule has 1 aliphatic carbocycles. The fraction of sp³-hybridized carbons (Fsp3) is 1.00. The first-order chi connectivity index (χ1) is 6.64. The molecule has 14 heavy (non-hydrogen) atoms. The first-order valence-corrected chi connectivity index (χ1v) is 6.07. The van der Waals surface area contributed by atoms with Gasteiger partial charge in [0.1, 0.15) is 0 Å². The van der Waals surface area contributed by atoms with E-state index >= 15 is 0 Å². The highest BCUT2D eigenvalue weighted by Crippen LogP contribution is 2.43. The van der Waals surface area contributed by atoms with E-state index in [1.807, 2.05) is 0 Å². The van der Waals surface area contributed by atoms with Crippen molar-refractivity contribution in [1.82, 2.24) is 10.2 Å². The number of hydrogen-bond acceptors (Lipinski definition) is 2. The number of rotatable bonds is 3. The van der Waals surface area contributed by atoms with Crippen LogP contribution in [-0.4, -0.2) is 36.6 Å². The minimum Gasteiger partial charge on any atom is -0.317 e. The average molecular weight is 196 g/mol.